The van der Waals surface area contributed by atoms with Crippen LogP contribution in [0.25, 0.3) is 0 Å². The van der Waals surface area contributed by atoms with Crippen LogP contribution >= 0.6 is 11.6 Å². The topological polar surface area (TPSA) is 26.3 Å². The molecular weight excluding hydrogens is 212 g/mol. The van der Waals surface area contributed by atoms with Crippen LogP contribution in [0.2, 0.25) is 5.02 Å². The molecule has 0 aliphatic carbocycles. The lowest BCUT2D eigenvalue weighted by molar-refractivity contribution is -0.116. The molecule has 0 unspecified atom stereocenters. The van der Waals surface area contributed by atoms with E-state index in [0.29, 0.717) is 11.4 Å². The minimum absolute atomic E-state index is 0.109. The Bertz CT molecular complexity index is 397. The Kier molecular flexibility index (Phi) is 3.75. The molecule has 0 radical (unpaired) electrons. The van der Waals surface area contributed by atoms with Gasteiger partial charge in [0.2, 0.25) is 0 Å². The van der Waals surface area contributed by atoms with E-state index in [2.05, 4.69) is 0 Å². The number of Topliss-reactive ketones (excluding diaryl/α,β-unsaturated/α-hetero) is 1. The summed E-state index contributed by atoms with van der Waals surface area (Å²) in [7, 11) is 1.61. The average Bonchev–Trinajstić information content (AvgIpc) is 2.13. The Morgan fingerprint density at radius 3 is 2.53 bits per heavy atom. The van der Waals surface area contributed by atoms with Crippen LogP contribution in [-0.4, -0.2) is 12.9 Å². The largest absolute Gasteiger partial charge is 0.496 e. The number of halogens is 1. The van der Waals surface area contributed by atoms with Crippen LogP contribution in [0.5, 0.6) is 5.75 Å². The van der Waals surface area contributed by atoms with Gasteiger partial charge >= 0.3 is 0 Å². The van der Waals surface area contributed by atoms with Crippen molar-refractivity contribution in [3.63, 3.8) is 0 Å². The number of carbonyl (C=O) groups is 1. The first-order chi connectivity index (χ1) is 6.97. The zero-order valence-corrected chi connectivity index (χ0v) is 10.2. The Morgan fingerprint density at radius 1 is 1.47 bits per heavy atom. The molecule has 0 N–H and O–H groups in total. The lowest BCUT2D eigenvalue weighted by Gasteiger charge is -2.14. The highest BCUT2D eigenvalue weighted by atomic mass is 35.5. The summed E-state index contributed by atoms with van der Waals surface area (Å²) in [6.45, 7) is 5.39. The van der Waals surface area contributed by atoms with Crippen molar-refractivity contribution < 1.29 is 9.53 Å². The second kappa shape index (κ2) is 4.67. The van der Waals surface area contributed by atoms with Gasteiger partial charge in [-0.2, -0.15) is 0 Å². The third-order valence-electron chi connectivity index (χ3n) is 2.42. The summed E-state index contributed by atoms with van der Waals surface area (Å²) in [5, 5.41) is 0.685. The van der Waals surface area contributed by atoms with Crippen LogP contribution in [0.15, 0.2) is 6.07 Å². The SMILES string of the molecule is COc1c(C)cc(Cl)c(C)c1CC(C)=O. The maximum atomic E-state index is 11.2. The predicted octanol–water partition coefficient (Wildman–Crippen LogP) is 3.10. The van der Waals surface area contributed by atoms with Gasteiger partial charge in [0.1, 0.15) is 11.5 Å². The number of rotatable bonds is 3. The number of ether oxygens (including phenoxy) is 1. The van der Waals surface area contributed by atoms with E-state index in [1.165, 1.54) is 0 Å². The van der Waals surface area contributed by atoms with Gasteiger partial charge in [-0.3, -0.25) is 4.79 Å². The van der Waals surface area contributed by atoms with Gasteiger partial charge in [0.15, 0.2) is 0 Å². The molecule has 0 atom stereocenters. The minimum atomic E-state index is 0.109. The molecule has 82 valence electrons. The number of hydrogen-bond donors (Lipinski definition) is 0. The maximum Gasteiger partial charge on any atom is 0.134 e. The summed E-state index contributed by atoms with van der Waals surface area (Å²) in [6.07, 6.45) is 0.371. The number of hydrogen-bond acceptors (Lipinski definition) is 2. The number of aryl methyl sites for hydroxylation is 1. The highest BCUT2D eigenvalue weighted by Gasteiger charge is 2.14. The summed E-state index contributed by atoms with van der Waals surface area (Å²) in [4.78, 5) is 11.2. The Hall–Kier alpha value is -1.02. The molecule has 1 aromatic rings. The van der Waals surface area contributed by atoms with Crippen LogP contribution in [0.1, 0.15) is 23.6 Å². The summed E-state index contributed by atoms with van der Waals surface area (Å²) in [5.41, 5.74) is 2.79. The van der Waals surface area contributed by atoms with Gasteiger partial charge in [0.05, 0.1) is 7.11 Å². The van der Waals surface area contributed by atoms with Crippen molar-refractivity contribution in [2.45, 2.75) is 27.2 Å². The molecule has 0 saturated carbocycles. The molecule has 0 aliphatic rings. The summed E-state index contributed by atoms with van der Waals surface area (Å²) < 4.78 is 5.30. The van der Waals surface area contributed by atoms with Crippen molar-refractivity contribution in [2.75, 3.05) is 7.11 Å². The molecule has 1 rings (SSSR count). The standard InChI is InChI=1S/C12H15ClO2/c1-7-5-11(13)9(3)10(6-8(2)14)12(7)15-4/h5H,6H2,1-4H3. The second-order valence-electron chi connectivity index (χ2n) is 3.69. The van der Waals surface area contributed by atoms with Crippen molar-refractivity contribution in [3.8, 4) is 5.75 Å². The quantitative estimate of drug-likeness (QED) is 0.792. The first-order valence-corrected chi connectivity index (χ1v) is 5.17. The summed E-state index contributed by atoms with van der Waals surface area (Å²) in [5.74, 6) is 0.880. The van der Waals surface area contributed by atoms with E-state index in [1.54, 1.807) is 14.0 Å². The molecule has 3 heteroatoms. The van der Waals surface area contributed by atoms with Gasteiger partial charge in [-0.25, -0.2) is 0 Å². The fourth-order valence-electron chi connectivity index (χ4n) is 1.66. The fraction of sp³-hybridized carbons (Fsp3) is 0.417. The average molecular weight is 227 g/mol. The first-order valence-electron chi connectivity index (χ1n) is 4.79. The zero-order chi connectivity index (χ0) is 11.6. The van der Waals surface area contributed by atoms with Crippen LogP contribution < -0.4 is 4.74 Å². The zero-order valence-electron chi connectivity index (χ0n) is 9.48. The Labute approximate surface area is 95.2 Å². The normalized spacial score (nSPS) is 10.2. The van der Waals surface area contributed by atoms with Gasteiger partial charge in [0, 0.05) is 17.0 Å². The molecule has 0 spiro atoms. The van der Waals surface area contributed by atoms with Crippen molar-refractivity contribution in [2.24, 2.45) is 0 Å². The Balaban J connectivity index is 3.36. The van der Waals surface area contributed by atoms with E-state index in [-0.39, 0.29) is 5.78 Å². The molecule has 0 saturated heterocycles. The van der Waals surface area contributed by atoms with E-state index in [9.17, 15) is 4.79 Å². The van der Waals surface area contributed by atoms with Gasteiger partial charge in [-0.15, -0.1) is 0 Å². The molecular formula is C12H15ClO2. The van der Waals surface area contributed by atoms with Crippen LogP contribution in [0.4, 0.5) is 0 Å². The van der Waals surface area contributed by atoms with Crippen LogP contribution in [0, 0.1) is 13.8 Å². The molecule has 0 aromatic heterocycles. The van der Waals surface area contributed by atoms with E-state index in [1.807, 2.05) is 19.9 Å². The van der Waals surface area contributed by atoms with E-state index >= 15 is 0 Å². The Morgan fingerprint density at radius 2 is 2.07 bits per heavy atom. The molecule has 0 heterocycles. The third kappa shape index (κ3) is 2.51. The van der Waals surface area contributed by atoms with Gasteiger partial charge in [0.25, 0.3) is 0 Å². The van der Waals surface area contributed by atoms with Crippen LogP contribution in [-0.2, 0) is 11.2 Å². The number of carbonyl (C=O) groups excluding carboxylic acids is 1. The smallest absolute Gasteiger partial charge is 0.134 e. The molecule has 0 bridgehead atoms. The third-order valence-corrected chi connectivity index (χ3v) is 2.81. The van der Waals surface area contributed by atoms with Crippen molar-refractivity contribution >= 4 is 17.4 Å². The van der Waals surface area contributed by atoms with E-state index in [4.69, 9.17) is 16.3 Å². The van der Waals surface area contributed by atoms with Gasteiger partial charge in [-0.1, -0.05) is 11.6 Å². The molecule has 2 nitrogen and oxygen atoms in total. The predicted molar refractivity (Wildman–Crippen MR) is 61.9 cm³/mol. The number of benzene rings is 1. The fourth-order valence-corrected chi connectivity index (χ4v) is 1.94. The van der Waals surface area contributed by atoms with Crippen LogP contribution in [0.3, 0.4) is 0 Å². The molecule has 1 aromatic carbocycles. The van der Waals surface area contributed by atoms with Crippen molar-refractivity contribution in [3.05, 3.63) is 27.8 Å². The molecule has 15 heavy (non-hydrogen) atoms. The van der Waals surface area contributed by atoms with Crippen molar-refractivity contribution in [1.82, 2.24) is 0 Å². The lowest BCUT2D eigenvalue weighted by atomic mass is 9.99. The van der Waals surface area contributed by atoms with E-state index < -0.39 is 0 Å². The summed E-state index contributed by atoms with van der Waals surface area (Å²) in [6, 6.07) is 1.86. The van der Waals surface area contributed by atoms with E-state index in [0.717, 1.165) is 22.4 Å². The number of methoxy groups -OCH3 is 1. The number of ketones is 1. The second-order valence-corrected chi connectivity index (χ2v) is 4.10. The molecule has 0 amide bonds. The molecule has 0 fully saturated rings. The first kappa shape index (κ1) is 12.1. The summed E-state index contributed by atoms with van der Waals surface area (Å²) >= 11 is 6.06. The maximum absolute atomic E-state index is 11.2. The van der Waals surface area contributed by atoms with Gasteiger partial charge in [-0.05, 0) is 38.0 Å². The monoisotopic (exact) mass is 226 g/mol. The highest BCUT2D eigenvalue weighted by molar-refractivity contribution is 6.31. The minimum Gasteiger partial charge on any atom is -0.496 e. The lowest BCUT2D eigenvalue weighted by Crippen LogP contribution is -2.04. The van der Waals surface area contributed by atoms with Gasteiger partial charge < -0.3 is 4.74 Å². The van der Waals surface area contributed by atoms with Crippen molar-refractivity contribution in [1.29, 1.82) is 0 Å². The molecule has 0 aliphatic heterocycles. The highest BCUT2D eigenvalue weighted by Crippen LogP contribution is 2.32.